The van der Waals surface area contributed by atoms with E-state index in [9.17, 15) is 0 Å². The molecular weight excluding hydrogens is 236 g/mol. The summed E-state index contributed by atoms with van der Waals surface area (Å²) in [6.07, 6.45) is 0.876. The Morgan fingerprint density at radius 1 is 0.789 bits per heavy atom. The molecule has 0 amide bonds. The zero-order chi connectivity index (χ0) is 14.0. The van der Waals surface area contributed by atoms with Crippen LogP contribution in [0.5, 0.6) is 0 Å². The summed E-state index contributed by atoms with van der Waals surface area (Å²) in [5.41, 5.74) is 28.7. The SMILES string of the molecule is CCC(c1cc(N)ccc1N)c1cc(N)ccc1N. The van der Waals surface area contributed by atoms with E-state index in [0.29, 0.717) is 11.4 Å². The summed E-state index contributed by atoms with van der Waals surface area (Å²) in [7, 11) is 0. The second kappa shape index (κ2) is 5.10. The predicted octanol–water partition coefficient (Wildman–Crippen LogP) is 2.56. The van der Waals surface area contributed by atoms with Gasteiger partial charge < -0.3 is 22.9 Å². The van der Waals surface area contributed by atoms with E-state index in [1.54, 1.807) is 12.1 Å². The van der Waals surface area contributed by atoms with Crippen LogP contribution in [0.2, 0.25) is 0 Å². The lowest BCUT2D eigenvalue weighted by atomic mass is 9.86. The van der Waals surface area contributed by atoms with E-state index in [-0.39, 0.29) is 5.92 Å². The molecule has 2 aromatic rings. The van der Waals surface area contributed by atoms with Gasteiger partial charge in [0.25, 0.3) is 0 Å². The Labute approximate surface area is 113 Å². The van der Waals surface area contributed by atoms with Crippen molar-refractivity contribution in [2.24, 2.45) is 0 Å². The van der Waals surface area contributed by atoms with Crippen LogP contribution >= 0.6 is 0 Å². The molecule has 0 saturated carbocycles. The average Bonchev–Trinajstić information content (AvgIpc) is 2.38. The Kier molecular flexibility index (Phi) is 3.51. The molecule has 0 heterocycles. The maximum absolute atomic E-state index is 6.06. The topological polar surface area (TPSA) is 104 Å². The van der Waals surface area contributed by atoms with Gasteiger partial charge in [0.2, 0.25) is 0 Å². The number of rotatable bonds is 3. The zero-order valence-corrected chi connectivity index (χ0v) is 11.1. The van der Waals surface area contributed by atoms with Crippen molar-refractivity contribution in [2.75, 3.05) is 22.9 Å². The number of nitrogen functional groups attached to an aromatic ring is 4. The molecule has 0 atom stereocenters. The monoisotopic (exact) mass is 256 g/mol. The summed E-state index contributed by atoms with van der Waals surface area (Å²) in [5.74, 6) is 0.104. The third kappa shape index (κ3) is 2.57. The highest BCUT2D eigenvalue weighted by molar-refractivity contribution is 5.64. The van der Waals surface area contributed by atoms with E-state index in [4.69, 9.17) is 22.9 Å². The van der Waals surface area contributed by atoms with Gasteiger partial charge in [-0.15, -0.1) is 0 Å². The fourth-order valence-electron chi connectivity index (χ4n) is 2.40. The molecule has 0 fully saturated rings. The van der Waals surface area contributed by atoms with E-state index < -0.39 is 0 Å². The lowest BCUT2D eigenvalue weighted by Gasteiger charge is -2.20. The molecule has 4 heteroatoms. The molecule has 4 nitrogen and oxygen atoms in total. The average molecular weight is 256 g/mol. The lowest BCUT2D eigenvalue weighted by molar-refractivity contribution is 0.782. The Hall–Kier alpha value is -2.36. The molecule has 0 aliphatic rings. The van der Waals surface area contributed by atoms with Crippen molar-refractivity contribution >= 4 is 22.7 Å². The van der Waals surface area contributed by atoms with Crippen molar-refractivity contribution in [2.45, 2.75) is 19.3 Å². The van der Waals surface area contributed by atoms with Gasteiger partial charge in [-0.25, -0.2) is 0 Å². The third-order valence-corrected chi connectivity index (χ3v) is 3.38. The first kappa shape index (κ1) is 13.1. The number of hydrogen-bond acceptors (Lipinski definition) is 4. The molecule has 8 N–H and O–H groups in total. The highest BCUT2D eigenvalue weighted by Gasteiger charge is 2.17. The van der Waals surface area contributed by atoms with Crippen LogP contribution in [0.3, 0.4) is 0 Å². The molecule has 0 spiro atoms. The van der Waals surface area contributed by atoms with Crippen LogP contribution in [-0.4, -0.2) is 0 Å². The number of hydrogen-bond donors (Lipinski definition) is 4. The number of benzene rings is 2. The van der Waals surface area contributed by atoms with Gasteiger partial charge in [-0.05, 0) is 53.9 Å². The molecule has 2 rings (SSSR count). The van der Waals surface area contributed by atoms with Gasteiger partial charge in [0.1, 0.15) is 0 Å². The molecule has 2 aromatic carbocycles. The normalized spacial score (nSPS) is 10.8. The molecule has 0 aliphatic carbocycles. The first-order valence-electron chi connectivity index (χ1n) is 6.32. The van der Waals surface area contributed by atoms with Gasteiger partial charge >= 0.3 is 0 Å². The Balaban J connectivity index is 2.55. The van der Waals surface area contributed by atoms with Gasteiger partial charge in [-0.2, -0.15) is 0 Å². The molecule has 19 heavy (non-hydrogen) atoms. The summed E-state index contributed by atoms with van der Waals surface area (Å²) < 4.78 is 0. The van der Waals surface area contributed by atoms with Gasteiger partial charge in [-0.1, -0.05) is 6.92 Å². The minimum atomic E-state index is 0.104. The van der Waals surface area contributed by atoms with E-state index in [1.165, 1.54) is 0 Å². The molecule has 0 bridgehead atoms. The quantitative estimate of drug-likeness (QED) is 0.633. The summed E-state index contributed by atoms with van der Waals surface area (Å²) in [4.78, 5) is 0. The van der Waals surface area contributed by atoms with E-state index in [2.05, 4.69) is 6.92 Å². The first-order valence-corrected chi connectivity index (χ1v) is 6.32. The van der Waals surface area contributed by atoms with E-state index in [1.807, 2.05) is 24.3 Å². The predicted molar refractivity (Wildman–Crippen MR) is 82.7 cm³/mol. The minimum absolute atomic E-state index is 0.104. The van der Waals surface area contributed by atoms with Crippen molar-refractivity contribution in [1.82, 2.24) is 0 Å². The van der Waals surface area contributed by atoms with E-state index in [0.717, 1.165) is 28.9 Å². The minimum Gasteiger partial charge on any atom is -0.399 e. The van der Waals surface area contributed by atoms with Crippen molar-refractivity contribution in [3.8, 4) is 0 Å². The van der Waals surface area contributed by atoms with Crippen molar-refractivity contribution in [1.29, 1.82) is 0 Å². The van der Waals surface area contributed by atoms with Crippen LogP contribution in [0.15, 0.2) is 36.4 Å². The summed E-state index contributed by atoms with van der Waals surface area (Å²) >= 11 is 0. The fraction of sp³-hybridized carbons (Fsp3) is 0.200. The molecular formula is C15H20N4. The third-order valence-electron chi connectivity index (χ3n) is 3.38. The molecule has 0 saturated heterocycles. The van der Waals surface area contributed by atoms with Crippen LogP contribution in [0.4, 0.5) is 22.7 Å². The maximum atomic E-state index is 6.06. The van der Waals surface area contributed by atoms with Crippen molar-refractivity contribution < 1.29 is 0 Å². The molecule has 0 radical (unpaired) electrons. The standard InChI is InChI=1S/C15H20N4/c1-2-11(12-7-9(16)3-5-14(12)18)13-8-10(17)4-6-15(13)19/h3-8,11H,2,16-19H2,1H3. The first-order chi connectivity index (χ1) is 9.02. The van der Waals surface area contributed by atoms with Gasteiger partial charge in [-0.3, -0.25) is 0 Å². The van der Waals surface area contributed by atoms with Crippen LogP contribution in [-0.2, 0) is 0 Å². The summed E-state index contributed by atoms with van der Waals surface area (Å²) in [6, 6.07) is 11.1. The zero-order valence-electron chi connectivity index (χ0n) is 11.1. The number of anilines is 4. The van der Waals surface area contributed by atoms with Crippen LogP contribution < -0.4 is 22.9 Å². The molecule has 0 aliphatic heterocycles. The highest BCUT2D eigenvalue weighted by atomic mass is 14.6. The lowest BCUT2D eigenvalue weighted by Crippen LogP contribution is -2.08. The van der Waals surface area contributed by atoms with Gasteiger partial charge in [0.15, 0.2) is 0 Å². The second-order valence-corrected chi connectivity index (χ2v) is 4.74. The smallest absolute Gasteiger partial charge is 0.0354 e. The van der Waals surface area contributed by atoms with Gasteiger partial charge in [0, 0.05) is 28.7 Å². The number of nitrogens with two attached hydrogens (primary N) is 4. The van der Waals surface area contributed by atoms with Crippen LogP contribution in [0.25, 0.3) is 0 Å². The molecule has 100 valence electrons. The maximum Gasteiger partial charge on any atom is 0.0354 e. The fourth-order valence-corrected chi connectivity index (χ4v) is 2.40. The Bertz CT molecular complexity index is 541. The van der Waals surface area contributed by atoms with E-state index >= 15 is 0 Å². The summed E-state index contributed by atoms with van der Waals surface area (Å²) in [6.45, 7) is 2.09. The van der Waals surface area contributed by atoms with Gasteiger partial charge in [0.05, 0.1) is 0 Å². The Morgan fingerprint density at radius 2 is 1.21 bits per heavy atom. The van der Waals surface area contributed by atoms with Crippen molar-refractivity contribution in [3.05, 3.63) is 47.5 Å². The molecule has 0 aromatic heterocycles. The molecule has 0 unspecified atom stereocenters. The Morgan fingerprint density at radius 3 is 1.58 bits per heavy atom. The second-order valence-electron chi connectivity index (χ2n) is 4.74. The highest BCUT2D eigenvalue weighted by Crippen LogP contribution is 2.36. The van der Waals surface area contributed by atoms with Crippen molar-refractivity contribution in [3.63, 3.8) is 0 Å². The summed E-state index contributed by atoms with van der Waals surface area (Å²) in [5, 5.41) is 0. The largest absolute Gasteiger partial charge is 0.399 e. The van der Waals surface area contributed by atoms with Crippen LogP contribution in [0.1, 0.15) is 30.4 Å². The van der Waals surface area contributed by atoms with Crippen LogP contribution in [0, 0.1) is 0 Å².